The molecule has 0 atom stereocenters. The Balaban J connectivity index is 1.39. The van der Waals surface area contributed by atoms with Gasteiger partial charge in [-0.05, 0) is 62.4 Å². The molecule has 0 radical (unpaired) electrons. The number of aromatic nitrogens is 1. The predicted molar refractivity (Wildman–Crippen MR) is 110 cm³/mol. The lowest BCUT2D eigenvalue weighted by molar-refractivity contribution is -0.139. The Labute approximate surface area is 166 Å². The van der Waals surface area contributed by atoms with Gasteiger partial charge in [-0.3, -0.25) is 9.59 Å². The number of benzene rings is 1. The first-order valence-electron chi connectivity index (χ1n) is 10.2. The number of nitrogens with one attached hydrogen (secondary N) is 1. The average molecular weight is 383 g/mol. The van der Waals surface area contributed by atoms with Crippen LogP contribution in [0.25, 0.3) is 10.9 Å². The summed E-state index contributed by atoms with van der Waals surface area (Å²) in [5.74, 6) is 0.396. The van der Waals surface area contributed by atoms with E-state index in [0.717, 1.165) is 68.5 Å². The average Bonchev–Trinajstić information content (AvgIpc) is 3.17. The molecule has 2 saturated heterocycles. The molecule has 1 spiro atoms. The van der Waals surface area contributed by atoms with Crippen LogP contribution in [0.15, 0.2) is 30.5 Å². The first kappa shape index (κ1) is 19.0. The number of fused-ring (bicyclic) bond motifs is 1. The summed E-state index contributed by atoms with van der Waals surface area (Å²) < 4.78 is 0. The second-order valence-corrected chi connectivity index (χ2v) is 8.69. The van der Waals surface area contributed by atoms with Crippen LogP contribution in [0.4, 0.5) is 0 Å². The minimum Gasteiger partial charge on any atom is -0.361 e. The van der Waals surface area contributed by atoms with Crippen LogP contribution >= 0.6 is 0 Å². The van der Waals surface area contributed by atoms with Crippen molar-refractivity contribution in [2.45, 2.75) is 25.7 Å². The van der Waals surface area contributed by atoms with Crippen molar-refractivity contribution in [3.05, 3.63) is 36.0 Å². The maximum absolute atomic E-state index is 13.0. The molecule has 2 aliphatic heterocycles. The van der Waals surface area contributed by atoms with E-state index in [1.54, 1.807) is 0 Å². The molecule has 0 unspecified atom stereocenters. The monoisotopic (exact) mass is 382 g/mol. The van der Waals surface area contributed by atoms with Crippen LogP contribution in [0.5, 0.6) is 0 Å². The molecule has 150 valence electrons. The van der Waals surface area contributed by atoms with E-state index < -0.39 is 0 Å². The van der Waals surface area contributed by atoms with Gasteiger partial charge in [-0.2, -0.15) is 0 Å². The smallest absolute Gasteiger partial charge is 0.253 e. The fraction of sp³-hybridized carbons (Fsp3) is 0.545. The first-order chi connectivity index (χ1) is 13.5. The standard InChI is InChI=1S/C22H30N4O2/c1-24(2)13-14-26-16-22(7-5-20(26)27)8-11-25(12-9-22)21(28)18-4-3-17-6-10-23-19(17)15-18/h3-4,6,10,15,23H,5,7-9,11-14,16H2,1-2H3. The normalized spacial score (nSPS) is 19.8. The number of piperidine rings is 2. The zero-order chi connectivity index (χ0) is 19.7. The summed E-state index contributed by atoms with van der Waals surface area (Å²) in [5, 5.41) is 1.12. The zero-order valence-electron chi connectivity index (χ0n) is 16.9. The Bertz CT molecular complexity index is 864. The van der Waals surface area contributed by atoms with Crippen molar-refractivity contribution in [1.82, 2.24) is 19.7 Å². The second-order valence-electron chi connectivity index (χ2n) is 8.69. The number of aromatic amines is 1. The molecular formula is C22H30N4O2. The Morgan fingerprint density at radius 3 is 2.71 bits per heavy atom. The highest BCUT2D eigenvalue weighted by molar-refractivity contribution is 5.98. The maximum atomic E-state index is 13.0. The highest BCUT2D eigenvalue weighted by Gasteiger charge is 2.41. The molecule has 1 N–H and O–H groups in total. The van der Waals surface area contributed by atoms with Crippen LogP contribution in [0.1, 0.15) is 36.0 Å². The summed E-state index contributed by atoms with van der Waals surface area (Å²) in [5.41, 5.74) is 1.93. The summed E-state index contributed by atoms with van der Waals surface area (Å²) in [6.45, 7) is 4.09. The fourth-order valence-electron chi connectivity index (χ4n) is 4.58. The zero-order valence-corrected chi connectivity index (χ0v) is 16.9. The lowest BCUT2D eigenvalue weighted by atomic mass is 9.72. The molecule has 0 bridgehead atoms. The van der Waals surface area contributed by atoms with Crippen LogP contribution < -0.4 is 0 Å². The molecule has 2 aromatic rings. The number of likely N-dealkylation sites (N-methyl/N-ethyl adjacent to an activating group) is 1. The number of nitrogens with zero attached hydrogens (tertiary/aromatic N) is 3. The number of hydrogen-bond acceptors (Lipinski definition) is 3. The quantitative estimate of drug-likeness (QED) is 0.884. The fourth-order valence-corrected chi connectivity index (χ4v) is 4.58. The summed E-state index contributed by atoms with van der Waals surface area (Å²) >= 11 is 0. The SMILES string of the molecule is CN(C)CCN1CC2(CCC1=O)CCN(C(=O)c1ccc3cc[nH]c3c1)CC2. The van der Waals surface area contributed by atoms with Crippen molar-refractivity contribution in [2.24, 2.45) is 5.41 Å². The molecule has 1 aromatic carbocycles. The van der Waals surface area contributed by atoms with Gasteiger partial charge in [0.25, 0.3) is 5.91 Å². The molecule has 2 amide bonds. The molecule has 0 saturated carbocycles. The van der Waals surface area contributed by atoms with Gasteiger partial charge < -0.3 is 19.7 Å². The van der Waals surface area contributed by atoms with Crippen molar-refractivity contribution in [3.63, 3.8) is 0 Å². The van der Waals surface area contributed by atoms with Gasteiger partial charge in [-0.15, -0.1) is 0 Å². The van der Waals surface area contributed by atoms with Crippen molar-refractivity contribution < 1.29 is 9.59 Å². The molecule has 2 fully saturated rings. The van der Waals surface area contributed by atoms with Gasteiger partial charge in [0.05, 0.1) is 0 Å². The number of rotatable bonds is 4. The molecule has 1 aromatic heterocycles. The molecule has 6 heteroatoms. The van der Waals surface area contributed by atoms with Crippen molar-refractivity contribution in [1.29, 1.82) is 0 Å². The minimum absolute atomic E-state index is 0.114. The molecule has 28 heavy (non-hydrogen) atoms. The lowest BCUT2D eigenvalue weighted by Crippen LogP contribution is -2.53. The van der Waals surface area contributed by atoms with Crippen molar-refractivity contribution in [3.8, 4) is 0 Å². The number of hydrogen-bond donors (Lipinski definition) is 1. The van der Waals surface area contributed by atoms with E-state index in [1.807, 2.05) is 54.4 Å². The van der Waals surface area contributed by atoms with E-state index in [0.29, 0.717) is 6.42 Å². The van der Waals surface area contributed by atoms with Gasteiger partial charge in [0, 0.05) is 56.4 Å². The van der Waals surface area contributed by atoms with Gasteiger partial charge in [-0.1, -0.05) is 6.07 Å². The van der Waals surface area contributed by atoms with E-state index in [2.05, 4.69) is 9.88 Å². The maximum Gasteiger partial charge on any atom is 0.253 e. The number of amides is 2. The second kappa shape index (κ2) is 7.59. The first-order valence-corrected chi connectivity index (χ1v) is 10.2. The van der Waals surface area contributed by atoms with E-state index in [-0.39, 0.29) is 17.2 Å². The molecule has 6 nitrogen and oxygen atoms in total. The van der Waals surface area contributed by atoms with Crippen LogP contribution in [-0.4, -0.2) is 78.3 Å². The topological polar surface area (TPSA) is 59.6 Å². The Morgan fingerprint density at radius 1 is 1.18 bits per heavy atom. The molecule has 2 aliphatic rings. The van der Waals surface area contributed by atoms with E-state index in [4.69, 9.17) is 0 Å². The highest BCUT2D eigenvalue weighted by atomic mass is 16.2. The van der Waals surface area contributed by atoms with E-state index in [9.17, 15) is 9.59 Å². The third-order valence-corrected chi connectivity index (χ3v) is 6.48. The van der Waals surface area contributed by atoms with Crippen LogP contribution in [0.2, 0.25) is 0 Å². The Morgan fingerprint density at radius 2 is 1.96 bits per heavy atom. The lowest BCUT2D eigenvalue weighted by Gasteiger charge is -2.47. The number of carbonyl (C=O) groups is 2. The van der Waals surface area contributed by atoms with Gasteiger partial charge in [0.2, 0.25) is 5.91 Å². The van der Waals surface area contributed by atoms with Crippen LogP contribution in [-0.2, 0) is 4.79 Å². The number of H-pyrrole nitrogens is 1. The molecule has 4 rings (SSSR count). The number of likely N-dealkylation sites (tertiary alicyclic amines) is 2. The Kier molecular flexibility index (Phi) is 5.15. The molecule has 3 heterocycles. The van der Waals surface area contributed by atoms with Crippen LogP contribution in [0.3, 0.4) is 0 Å². The van der Waals surface area contributed by atoms with Crippen molar-refractivity contribution >= 4 is 22.7 Å². The summed E-state index contributed by atoms with van der Waals surface area (Å²) in [6.07, 6.45) is 5.46. The molecule has 0 aliphatic carbocycles. The van der Waals surface area contributed by atoms with Crippen molar-refractivity contribution in [2.75, 3.05) is 46.8 Å². The third kappa shape index (κ3) is 3.78. The molecular weight excluding hydrogens is 352 g/mol. The van der Waals surface area contributed by atoms with E-state index >= 15 is 0 Å². The number of carbonyl (C=O) groups excluding carboxylic acids is 2. The van der Waals surface area contributed by atoms with Gasteiger partial charge in [0.1, 0.15) is 0 Å². The highest BCUT2D eigenvalue weighted by Crippen LogP contribution is 2.40. The van der Waals surface area contributed by atoms with Gasteiger partial charge in [0.15, 0.2) is 0 Å². The minimum atomic E-state index is 0.114. The van der Waals surface area contributed by atoms with E-state index in [1.165, 1.54) is 0 Å². The third-order valence-electron chi connectivity index (χ3n) is 6.48. The van der Waals surface area contributed by atoms with Gasteiger partial charge >= 0.3 is 0 Å². The van der Waals surface area contributed by atoms with Gasteiger partial charge in [-0.25, -0.2) is 0 Å². The summed E-state index contributed by atoms with van der Waals surface area (Å²) in [4.78, 5) is 34.6. The van der Waals surface area contributed by atoms with Crippen LogP contribution in [0, 0.1) is 5.41 Å². The largest absolute Gasteiger partial charge is 0.361 e. The Hall–Kier alpha value is -2.34. The summed E-state index contributed by atoms with van der Waals surface area (Å²) in [6, 6.07) is 7.88. The predicted octanol–water partition coefficient (Wildman–Crippen LogP) is 2.57. The summed E-state index contributed by atoms with van der Waals surface area (Å²) in [7, 11) is 4.08.